The molecule has 10 heteroatoms. The summed E-state index contributed by atoms with van der Waals surface area (Å²) in [5, 5.41) is 14.0. The highest BCUT2D eigenvalue weighted by atomic mass is 35.5. The van der Waals surface area contributed by atoms with Crippen molar-refractivity contribution in [2.24, 2.45) is 18.9 Å². The largest absolute Gasteiger partial charge is 0.447 e. The Kier molecular flexibility index (Phi) is 6.45. The summed E-state index contributed by atoms with van der Waals surface area (Å²) in [7, 11) is 1.77. The number of carbonyl (C=O) groups is 2. The van der Waals surface area contributed by atoms with Gasteiger partial charge in [-0.15, -0.1) is 0 Å². The van der Waals surface area contributed by atoms with Gasteiger partial charge in [0, 0.05) is 18.7 Å². The van der Waals surface area contributed by atoms with Gasteiger partial charge in [0.05, 0.1) is 23.6 Å². The first-order chi connectivity index (χ1) is 17.5. The molecule has 0 bridgehead atoms. The van der Waals surface area contributed by atoms with Crippen molar-refractivity contribution in [3.8, 4) is 11.8 Å². The number of aliphatic hydroxyl groups is 1. The third kappa shape index (κ3) is 4.92. The Morgan fingerprint density at radius 2 is 2.03 bits per heavy atom. The van der Waals surface area contributed by atoms with Crippen LogP contribution in [0.2, 0.25) is 5.02 Å². The van der Waals surface area contributed by atoms with Crippen LogP contribution in [0.5, 0.6) is 0 Å². The van der Waals surface area contributed by atoms with Crippen molar-refractivity contribution in [1.82, 2.24) is 14.5 Å². The molecule has 5 rings (SSSR count). The first-order valence-electron chi connectivity index (χ1n) is 12.4. The summed E-state index contributed by atoms with van der Waals surface area (Å²) in [6, 6.07) is 4.05. The number of benzene rings is 1. The molecule has 2 N–H and O–H groups in total. The van der Waals surface area contributed by atoms with E-state index < -0.39 is 17.0 Å². The molecule has 196 valence electrons. The summed E-state index contributed by atoms with van der Waals surface area (Å²) < 4.78 is 20.2. The van der Waals surface area contributed by atoms with Crippen LogP contribution < -0.4 is 5.32 Å². The van der Waals surface area contributed by atoms with Crippen molar-refractivity contribution < 1.29 is 23.8 Å². The minimum atomic E-state index is -1.10. The molecule has 1 aromatic carbocycles. The molecule has 2 aliphatic carbocycles. The van der Waals surface area contributed by atoms with Gasteiger partial charge in [0.1, 0.15) is 29.3 Å². The number of imidazole rings is 1. The van der Waals surface area contributed by atoms with Crippen LogP contribution in [0.1, 0.15) is 61.6 Å². The smallest absolute Gasteiger partial charge is 0.411 e. The van der Waals surface area contributed by atoms with E-state index in [9.17, 15) is 19.1 Å². The normalized spacial score (nSPS) is 27.0. The monoisotopic (exact) mass is 528 g/mol. The van der Waals surface area contributed by atoms with Gasteiger partial charge in [-0.25, -0.2) is 14.2 Å². The van der Waals surface area contributed by atoms with Crippen molar-refractivity contribution in [2.75, 3.05) is 18.5 Å². The molecular formula is C27H30ClFN4O4. The summed E-state index contributed by atoms with van der Waals surface area (Å²) in [4.78, 5) is 31.2. The lowest BCUT2D eigenvalue weighted by molar-refractivity contribution is 0.0971. The standard InChI is InChI=1S/C27H30ClFN4O4/c1-26(2,33-8-9-37-25(33)35)6-7-27(36)13-17-10-16(11-18(17)14-27)22-23(32(3)15-30-22)24(34)31-19-4-5-21(29)20(28)12-19/h4-5,12,15-18,36H,8-11,13-14H2,1-3H3,(H,31,34). The molecule has 2 atom stereocenters. The molecule has 1 saturated heterocycles. The second-order valence-electron chi connectivity index (χ2n) is 10.9. The van der Waals surface area contributed by atoms with E-state index in [0.29, 0.717) is 37.4 Å². The number of aromatic nitrogens is 2. The number of ether oxygens (including phenoxy) is 1. The molecule has 2 saturated carbocycles. The summed E-state index contributed by atoms with van der Waals surface area (Å²) >= 11 is 5.86. The van der Waals surface area contributed by atoms with E-state index in [1.165, 1.54) is 18.2 Å². The first-order valence-corrected chi connectivity index (χ1v) is 12.8. The Morgan fingerprint density at radius 1 is 1.32 bits per heavy atom. The molecule has 0 spiro atoms. The molecule has 2 amide bonds. The van der Waals surface area contributed by atoms with Crippen LogP contribution in [0, 0.1) is 29.5 Å². The fourth-order valence-corrected chi connectivity index (χ4v) is 6.19. The van der Waals surface area contributed by atoms with E-state index >= 15 is 0 Å². The number of amides is 2. The van der Waals surface area contributed by atoms with E-state index in [-0.39, 0.29) is 34.8 Å². The number of rotatable bonds is 4. The van der Waals surface area contributed by atoms with Crippen LogP contribution in [0.4, 0.5) is 14.9 Å². The number of halogens is 2. The topological polar surface area (TPSA) is 96.7 Å². The fraction of sp³-hybridized carbons (Fsp3) is 0.519. The first kappa shape index (κ1) is 25.6. The third-order valence-electron chi connectivity index (χ3n) is 7.82. The number of hydrogen-bond donors (Lipinski definition) is 2. The van der Waals surface area contributed by atoms with Crippen LogP contribution in [0.15, 0.2) is 24.5 Å². The average molecular weight is 529 g/mol. The molecule has 1 aliphatic heterocycles. The number of hydrogen-bond acceptors (Lipinski definition) is 5. The van der Waals surface area contributed by atoms with Gasteiger partial charge >= 0.3 is 6.09 Å². The summed E-state index contributed by atoms with van der Waals surface area (Å²) in [5.74, 6) is 5.94. The van der Waals surface area contributed by atoms with E-state index in [0.717, 1.165) is 18.5 Å². The van der Waals surface area contributed by atoms with Crippen molar-refractivity contribution in [3.05, 3.63) is 46.8 Å². The SMILES string of the molecule is Cn1cnc(C2CC3CC(O)(C#CC(C)(C)N4CCOC4=O)CC3C2)c1C(=O)Nc1ccc(F)c(Cl)c1. The number of carbonyl (C=O) groups excluding carboxylic acids is 2. The van der Waals surface area contributed by atoms with Crippen molar-refractivity contribution in [2.45, 2.75) is 56.6 Å². The minimum absolute atomic E-state index is 0.0639. The van der Waals surface area contributed by atoms with E-state index in [2.05, 4.69) is 22.1 Å². The maximum absolute atomic E-state index is 13.5. The van der Waals surface area contributed by atoms with Gasteiger partial charge in [-0.05, 0) is 69.6 Å². The Balaban J connectivity index is 1.27. The Hall–Kier alpha value is -3.09. The number of fused-ring (bicyclic) bond motifs is 1. The lowest BCUT2D eigenvalue weighted by Crippen LogP contribution is -2.43. The van der Waals surface area contributed by atoms with Gasteiger partial charge in [0.2, 0.25) is 0 Å². The van der Waals surface area contributed by atoms with Gasteiger partial charge in [-0.1, -0.05) is 23.4 Å². The molecule has 2 heterocycles. The molecule has 2 unspecified atom stereocenters. The van der Waals surface area contributed by atoms with E-state index in [1.807, 2.05) is 13.8 Å². The predicted octanol–water partition coefficient (Wildman–Crippen LogP) is 4.33. The Labute approximate surface area is 220 Å². The Morgan fingerprint density at radius 3 is 2.65 bits per heavy atom. The van der Waals surface area contributed by atoms with Crippen molar-refractivity contribution in [3.63, 3.8) is 0 Å². The zero-order valence-electron chi connectivity index (χ0n) is 21.1. The number of anilines is 1. The van der Waals surface area contributed by atoms with Gasteiger partial charge in [0.25, 0.3) is 5.91 Å². The predicted molar refractivity (Wildman–Crippen MR) is 136 cm³/mol. The summed E-state index contributed by atoms with van der Waals surface area (Å²) in [6.07, 6.45) is 3.94. The molecule has 8 nitrogen and oxygen atoms in total. The number of cyclic esters (lactones) is 1. The zero-order valence-corrected chi connectivity index (χ0v) is 21.8. The maximum atomic E-state index is 13.5. The molecule has 37 heavy (non-hydrogen) atoms. The van der Waals surface area contributed by atoms with Crippen LogP contribution in [0.25, 0.3) is 0 Å². The molecular weight excluding hydrogens is 499 g/mol. The molecule has 0 radical (unpaired) electrons. The molecule has 3 aliphatic rings. The lowest BCUT2D eigenvalue weighted by atomic mass is 9.91. The second kappa shape index (κ2) is 9.34. The van der Waals surface area contributed by atoms with E-state index in [1.54, 1.807) is 22.8 Å². The van der Waals surface area contributed by atoms with Crippen molar-refractivity contribution >= 4 is 29.3 Å². The van der Waals surface area contributed by atoms with Gasteiger partial charge in [0.15, 0.2) is 0 Å². The highest BCUT2D eigenvalue weighted by Crippen LogP contribution is 2.54. The quantitative estimate of drug-likeness (QED) is 0.576. The summed E-state index contributed by atoms with van der Waals surface area (Å²) in [6.45, 7) is 4.55. The average Bonchev–Trinajstić information content (AvgIpc) is 3.58. The highest BCUT2D eigenvalue weighted by molar-refractivity contribution is 6.31. The number of nitrogens with one attached hydrogen (secondary N) is 1. The maximum Gasteiger partial charge on any atom is 0.411 e. The van der Waals surface area contributed by atoms with Gasteiger partial charge < -0.3 is 19.7 Å². The van der Waals surface area contributed by atoms with Crippen LogP contribution in [-0.2, 0) is 11.8 Å². The van der Waals surface area contributed by atoms with Crippen LogP contribution in [0.3, 0.4) is 0 Å². The minimum Gasteiger partial charge on any atom is -0.447 e. The highest BCUT2D eigenvalue weighted by Gasteiger charge is 2.49. The molecule has 2 aromatic rings. The third-order valence-corrected chi connectivity index (χ3v) is 8.11. The van der Waals surface area contributed by atoms with Crippen LogP contribution in [-0.4, -0.2) is 55.8 Å². The Bertz CT molecular complexity index is 1300. The molecule has 3 fully saturated rings. The zero-order chi connectivity index (χ0) is 26.5. The second-order valence-corrected chi connectivity index (χ2v) is 11.3. The van der Waals surface area contributed by atoms with Crippen molar-refractivity contribution in [1.29, 1.82) is 0 Å². The molecule has 1 aromatic heterocycles. The van der Waals surface area contributed by atoms with Crippen LogP contribution >= 0.6 is 11.6 Å². The van der Waals surface area contributed by atoms with Gasteiger partial charge in [-0.3, -0.25) is 9.69 Å². The fourth-order valence-electron chi connectivity index (χ4n) is 6.01. The van der Waals surface area contributed by atoms with Gasteiger partial charge in [-0.2, -0.15) is 0 Å². The summed E-state index contributed by atoms with van der Waals surface area (Å²) in [5.41, 5.74) is -0.242. The number of aryl methyl sites for hydroxylation is 1. The lowest BCUT2D eigenvalue weighted by Gasteiger charge is -2.29. The number of nitrogens with zero attached hydrogens (tertiary/aromatic N) is 3. The van der Waals surface area contributed by atoms with E-state index in [4.69, 9.17) is 16.3 Å².